The first-order chi connectivity index (χ1) is 10.4. The lowest BCUT2D eigenvalue weighted by atomic mass is 9.72. The molecule has 2 aliphatic rings. The number of carboxylic acids is 1. The molecule has 2 atom stereocenters. The molecular formula is C15H15F3O4. The number of ether oxygens (including phenoxy) is 2. The maximum absolute atomic E-state index is 14.0. The van der Waals surface area contributed by atoms with Crippen molar-refractivity contribution in [2.75, 3.05) is 13.2 Å². The molecule has 1 spiro atoms. The summed E-state index contributed by atoms with van der Waals surface area (Å²) in [5, 5.41) is 9.43. The SMILES string of the molecule is O=C(O)C1CC2(CCC1c1cc(F)c(F)cc1F)OCCO2. The van der Waals surface area contributed by atoms with Crippen LogP contribution in [0.2, 0.25) is 0 Å². The van der Waals surface area contributed by atoms with E-state index in [1.807, 2.05) is 0 Å². The molecule has 4 nitrogen and oxygen atoms in total. The van der Waals surface area contributed by atoms with Crippen LogP contribution in [0.15, 0.2) is 12.1 Å². The summed E-state index contributed by atoms with van der Waals surface area (Å²) in [6.07, 6.45) is 0.713. The van der Waals surface area contributed by atoms with Crippen LogP contribution in [0.1, 0.15) is 30.7 Å². The van der Waals surface area contributed by atoms with Crippen LogP contribution in [0, 0.1) is 23.4 Å². The Balaban J connectivity index is 1.93. The minimum Gasteiger partial charge on any atom is -0.481 e. The van der Waals surface area contributed by atoms with Gasteiger partial charge in [-0.3, -0.25) is 4.79 Å². The first-order valence-electron chi connectivity index (χ1n) is 7.07. The van der Waals surface area contributed by atoms with Gasteiger partial charge in [0.2, 0.25) is 0 Å². The average Bonchev–Trinajstić information content (AvgIpc) is 2.91. The van der Waals surface area contributed by atoms with Crippen LogP contribution in [0.25, 0.3) is 0 Å². The quantitative estimate of drug-likeness (QED) is 0.853. The van der Waals surface area contributed by atoms with E-state index in [-0.39, 0.29) is 18.4 Å². The summed E-state index contributed by atoms with van der Waals surface area (Å²) in [5.41, 5.74) is -0.112. The van der Waals surface area contributed by atoms with Crippen LogP contribution in [-0.2, 0) is 14.3 Å². The lowest BCUT2D eigenvalue weighted by Crippen LogP contribution is -2.42. The van der Waals surface area contributed by atoms with Crippen molar-refractivity contribution in [2.45, 2.75) is 31.0 Å². The smallest absolute Gasteiger partial charge is 0.307 e. The minimum absolute atomic E-state index is 0.0609. The van der Waals surface area contributed by atoms with E-state index in [4.69, 9.17) is 9.47 Å². The molecule has 2 fully saturated rings. The number of benzene rings is 1. The second kappa shape index (κ2) is 5.55. The predicted octanol–water partition coefficient (Wildman–Crippen LogP) is 2.82. The molecular weight excluding hydrogens is 301 g/mol. The van der Waals surface area contributed by atoms with Gasteiger partial charge in [0.25, 0.3) is 0 Å². The van der Waals surface area contributed by atoms with Gasteiger partial charge in [0.05, 0.1) is 19.1 Å². The van der Waals surface area contributed by atoms with E-state index in [9.17, 15) is 23.1 Å². The Labute approximate surface area is 124 Å². The van der Waals surface area contributed by atoms with Crippen molar-refractivity contribution in [1.29, 1.82) is 0 Å². The fourth-order valence-corrected chi connectivity index (χ4v) is 3.37. The van der Waals surface area contributed by atoms with Crippen molar-refractivity contribution in [3.8, 4) is 0 Å². The van der Waals surface area contributed by atoms with Crippen molar-refractivity contribution in [3.05, 3.63) is 35.1 Å². The monoisotopic (exact) mass is 316 g/mol. The molecule has 7 heteroatoms. The lowest BCUT2D eigenvalue weighted by Gasteiger charge is -2.39. The third-order valence-corrected chi connectivity index (χ3v) is 4.42. The molecule has 2 unspecified atom stereocenters. The summed E-state index contributed by atoms with van der Waals surface area (Å²) >= 11 is 0. The second-order valence-electron chi connectivity index (χ2n) is 5.69. The standard InChI is InChI=1S/C15H15F3O4/c16-11-6-13(18)12(17)5-9(11)8-1-2-15(21-3-4-22-15)7-10(8)14(19)20/h5-6,8,10H,1-4,7H2,(H,19,20). The zero-order chi connectivity index (χ0) is 15.9. The van der Waals surface area contributed by atoms with E-state index in [1.165, 1.54) is 0 Å². The van der Waals surface area contributed by atoms with Gasteiger partial charge < -0.3 is 14.6 Å². The normalized spacial score (nSPS) is 27.2. The number of hydrogen-bond acceptors (Lipinski definition) is 3. The number of hydrogen-bond donors (Lipinski definition) is 1. The molecule has 1 saturated heterocycles. The molecule has 0 aromatic heterocycles. The first kappa shape index (κ1) is 15.3. The highest BCUT2D eigenvalue weighted by atomic mass is 19.2. The van der Waals surface area contributed by atoms with Crippen LogP contribution in [0.4, 0.5) is 13.2 Å². The van der Waals surface area contributed by atoms with Gasteiger partial charge in [0.15, 0.2) is 17.4 Å². The molecule has 3 rings (SSSR count). The van der Waals surface area contributed by atoms with E-state index in [0.29, 0.717) is 25.7 Å². The summed E-state index contributed by atoms with van der Waals surface area (Å²) in [6, 6.07) is 1.20. The molecule has 22 heavy (non-hydrogen) atoms. The van der Waals surface area contributed by atoms with Crippen LogP contribution in [0.5, 0.6) is 0 Å². The van der Waals surface area contributed by atoms with Gasteiger partial charge in [-0.25, -0.2) is 13.2 Å². The number of carbonyl (C=O) groups is 1. The number of aliphatic carboxylic acids is 1. The topological polar surface area (TPSA) is 55.8 Å². The summed E-state index contributed by atoms with van der Waals surface area (Å²) in [7, 11) is 0. The fraction of sp³-hybridized carbons (Fsp3) is 0.533. The number of halogens is 3. The highest BCUT2D eigenvalue weighted by Gasteiger charge is 2.48. The van der Waals surface area contributed by atoms with Crippen LogP contribution < -0.4 is 0 Å². The van der Waals surface area contributed by atoms with Gasteiger partial charge in [-0.2, -0.15) is 0 Å². The van der Waals surface area contributed by atoms with Crippen LogP contribution >= 0.6 is 0 Å². The van der Waals surface area contributed by atoms with Gasteiger partial charge in [0.1, 0.15) is 5.82 Å². The molecule has 1 aliphatic heterocycles. The van der Waals surface area contributed by atoms with Crippen molar-refractivity contribution >= 4 is 5.97 Å². The Bertz CT molecular complexity index is 599. The predicted molar refractivity (Wildman–Crippen MR) is 68.7 cm³/mol. The summed E-state index contributed by atoms with van der Waals surface area (Å²) in [4.78, 5) is 11.5. The molecule has 120 valence electrons. The largest absolute Gasteiger partial charge is 0.481 e. The highest BCUT2D eigenvalue weighted by molar-refractivity contribution is 5.71. The maximum Gasteiger partial charge on any atom is 0.307 e. The lowest BCUT2D eigenvalue weighted by molar-refractivity contribution is -0.196. The van der Waals surface area contributed by atoms with E-state index >= 15 is 0 Å². The molecule has 1 saturated carbocycles. The van der Waals surface area contributed by atoms with E-state index in [1.54, 1.807) is 0 Å². The summed E-state index contributed by atoms with van der Waals surface area (Å²) in [5.74, 6) is -7.21. The number of rotatable bonds is 2. The van der Waals surface area contributed by atoms with Crippen LogP contribution in [-0.4, -0.2) is 30.1 Å². The molecule has 1 aliphatic carbocycles. The van der Waals surface area contributed by atoms with Gasteiger partial charge >= 0.3 is 5.97 Å². The molecule has 1 N–H and O–H groups in total. The van der Waals surface area contributed by atoms with Gasteiger partial charge in [-0.05, 0) is 18.1 Å². The molecule has 1 aromatic rings. The Kier molecular flexibility index (Phi) is 3.86. The van der Waals surface area contributed by atoms with Crippen LogP contribution in [0.3, 0.4) is 0 Å². The molecule has 1 aromatic carbocycles. The Morgan fingerprint density at radius 3 is 2.41 bits per heavy atom. The zero-order valence-corrected chi connectivity index (χ0v) is 11.7. The summed E-state index contributed by atoms with van der Waals surface area (Å²) in [6.45, 7) is 0.771. The fourth-order valence-electron chi connectivity index (χ4n) is 3.37. The van der Waals surface area contributed by atoms with Gasteiger partial charge in [-0.1, -0.05) is 0 Å². The van der Waals surface area contributed by atoms with E-state index in [2.05, 4.69) is 0 Å². The van der Waals surface area contributed by atoms with Crippen molar-refractivity contribution in [1.82, 2.24) is 0 Å². The van der Waals surface area contributed by atoms with Crippen molar-refractivity contribution in [2.24, 2.45) is 5.92 Å². The second-order valence-corrected chi connectivity index (χ2v) is 5.69. The Hall–Kier alpha value is -1.60. The molecule has 0 amide bonds. The zero-order valence-electron chi connectivity index (χ0n) is 11.7. The maximum atomic E-state index is 14.0. The third-order valence-electron chi connectivity index (χ3n) is 4.42. The van der Waals surface area contributed by atoms with Crippen molar-refractivity contribution < 1.29 is 32.5 Å². The molecule has 0 bridgehead atoms. The van der Waals surface area contributed by atoms with E-state index in [0.717, 1.165) is 6.07 Å². The van der Waals surface area contributed by atoms with Crippen molar-refractivity contribution in [3.63, 3.8) is 0 Å². The third kappa shape index (κ3) is 2.59. The molecule has 0 radical (unpaired) electrons. The number of carboxylic acid groups (broad SMARTS) is 1. The van der Waals surface area contributed by atoms with Gasteiger partial charge in [-0.15, -0.1) is 0 Å². The first-order valence-corrected chi connectivity index (χ1v) is 7.07. The Morgan fingerprint density at radius 2 is 1.77 bits per heavy atom. The molecule has 1 heterocycles. The van der Waals surface area contributed by atoms with Gasteiger partial charge in [0, 0.05) is 24.8 Å². The average molecular weight is 316 g/mol. The minimum atomic E-state index is -1.29. The summed E-state index contributed by atoms with van der Waals surface area (Å²) < 4.78 is 51.4. The highest BCUT2D eigenvalue weighted by Crippen LogP contribution is 2.46. The Morgan fingerprint density at radius 1 is 1.14 bits per heavy atom. The van der Waals surface area contributed by atoms with E-state index < -0.39 is 41.0 Å².